The summed E-state index contributed by atoms with van der Waals surface area (Å²) in [6, 6.07) is 10.9. The molecule has 2 aromatic rings. The van der Waals surface area contributed by atoms with E-state index in [9.17, 15) is 29.3 Å². The van der Waals surface area contributed by atoms with Crippen LogP contribution in [0.5, 0.6) is 0 Å². The van der Waals surface area contributed by atoms with Gasteiger partial charge in [0, 0.05) is 24.6 Å². The number of nitrogens with one attached hydrogen (secondary N) is 2. The fraction of sp³-hybridized carbons (Fsp3) is 0.273. The predicted molar refractivity (Wildman–Crippen MR) is 117 cm³/mol. The molecular weight excluding hydrogens is 430 g/mol. The van der Waals surface area contributed by atoms with Crippen molar-refractivity contribution < 1.29 is 24.1 Å². The number of carbonyl (C=O) groups excluding carboxylic acids is 4. The van der Waals surface area contributed by atoms with E-state index in [1.165, 1.54) is 36.1 Å². The number of para-hydroxylation sites is 2. The minimum atomic E-state index is -1.57. The summed E-state index contributed by atoms with van der Waals surface area (Å²) in [5, 5.41) is 16.4. The van der Waals surface area contributed by atoms with Gasteiger partial charge in [0.15, 0.2) is 0 Å². The number of urea groups is 1. The lowest BCUT2D eigenvalue weighted by atomic mass is 9.91. The van der Waals surface area contributed by atoms with E-state index in [1.54, 1.807) is 31.2 Å². The summed E-state index contributed by atoms with van der Waals surface area (Å²) < 4.78 is 0. The molecule has 4 rings (SSSR count). The molecule has 2 aliphatic heterocycles. The number of fused-ring (bicyclic) bond motifs is 1. The molecule has 11 heteroatoms. The Morgan fingerprint density at radius 3 is 2.64 bits per heavy atom. The molecule has 2 atom stereocenters. The molecule has 11 nitrogen and oxygen atoms in total. The molecule has 2 aromatic carbocycles. The first kappa shape index (κ1) is 21.9. The van der Waals surface area contributed by atoms with E-state index in [-0.39, 0.29) is 23.6 Å². The summed E-state index contributed by atoms with van der Waals surface area (Å²) in [6.07, 6.45) is 0.0476. The second-order valence-electron chi connectivity index (χ2n) is 8.14. The van der Waals surface area contributed by atoms with Crippen LogP contribution in [0.2, 0.25) is 0 Å². The highest BCUT2D eigenvalue weighted by Gasteiger charge is 2.50. The van der Waals surface area contributed by atoms with Gasteiger partial charge in [0.25, 0.3) is 11.6 Å². The molecule has 0 spiro atoms. The number of non-ortho nitro benzene ring substituents is 1. The molecule has 0 bridgehead atoms. The minimum Gasteiger partial charge on any atom is -0.324 e. The molecule has 0 radical (unpaired) electrons. The van der Waals surface area contributed by atoms with Crippen molar-refractivity contribution in [1.82, 2.24) is 10.2 Å². The summed E-state index contributed by atoms with van der Waals surface area (Å²) in [7, 11) is 0. The van der Waals surface area contributed by atoms with Crippen LogP contribution >= 0.6 is 0 Å². The van der Waals surface area contributed by atoms with Crippen LogP contribution in [0, 0.1) is 10.1 Å². The van der Waals surface area contributed by atoms with Gasteiger partial charge in [0.05, 0.1) is 16.3 Å². The SMILES string of the molecule is CC1CC(=O)Nc2ccccc2N1C(=O)CN1C(=O)NC(C)(c2cccc([N+](=O)[O-])c2)C1=O. The van der Waals surface area contributed by atoms with E-state index in [0.29, 0.717) is 11.4 Å². The van der Waals surface area contributed by atoms with Crippen molar-refractivity contribution in [2.45, 2.75) is 31.8 Å². The van der Waals surface area contributed by atoms with Crippen molar-refractivity contribution in [2.75, 3.05) is 16.8 Å². The van der Waals surface area contributed by atoms with Gasteiger partial charge >= 0.3 is 6.03 Å². The van der Waals surface area contributed by atoms with Crippen LogP contribution in [0.25, 0.3) is 0 Å². The maximum atomic E-state index is 13.3. The van der Waals surface area contributed by atoms with Gasteiger partial charge in [-0.05, 0) is 31.5 Å². The van der Waals surface area contributed by atoms with E-state index < -0.39 is 40.9 Å². The molecule has 2 aliphatic rings. The second kappa shape index (κ2) is 8.01. The zero-order valence-corrected chi connectivity index (χ0v) is 17.9. The Bertz CT molecular complexity index is 1200. The van der Waals surface area contributed by atoms with Crippen LogP contribution in [-0.2, 0) is 19.9 Å². The Balaban J connectivity index is 1.62. The van der Waals surface area contributed by atoms with Gasteiger partial charge in [-0.2, -0.15) is 0 Å². The summed E-state index contributed by atoms with van der Waals surface area (Å²) >= 11 is 0. The molecule has 0 aromatic heterocycles. The molecule has 2 N–H and O–H groups in total. The standard InChI is InChI=1S/C22H21N5O6/c1-13-10-18(28)23-16-8-3-4-9-17(16)26(13)19(29)12-25-20(30)22(2,24-21(25)31)14-6-5-7-15(11-14)27(32)33/h3-9,11,13H,10,12H2,1-2H3,(H,23,28)(H,24,31). The van der Waals surface area contributed by atoms with Crippen molar-refractivity contribution in [3.63, 3.8) is 0 Å². The van der Waals surface area contributed by atoms with E-state index in [0.717, 1.165) is 4.90 Å². The van der Waals surface area contributed by atoms with Gasteiger partial charge in [-0.1, -0.05) is 24.3 Å². The lowest BCUT2D eigenvalue weighted by Crippen LogP contribution is -2.47. The first-order chi connectivity index (χ1) is 15.6. The van der Waals surface area contributed by atoms with Crippen molar-refractivity contribution in [3.05, 3.63) is 64.2 Å². The molecule has 33 heavy (non-hydrogen) atoms. The number of anilines is 2. The lowest BCUT2D eigenvalue weighted by Gasteiger charge is -2.29. The maximum Gasteiger partial charge on any atom is 0.325 e. The zero-order chi connectivity index (χ0) is 23.9. The summed E-state index contributed by atoms with van der Waals surface area (Å²) in [5.74, 6) is -1.50. The Kier molecular flexibility index (Phi) is 5.32. The number of benzene rings is 2. The zero-order valence-electron chi connectivity index (χ0n) is 17.9. The number of hydrogen-bond acceptors (Lipinski definition) is 6. The number of hydrogen-bond donors (Lipinski definition) is 2. The molecule has 1 saturated heterocycles. The van der Waals surface area contributed by atoms with E-state index >= 15 is 0 Å². The number of nitro groups is 1. The molecule has 170 valence electrons. The van der Waals surface area contributed by atoms with Crippen molar-refractivity contribution in [1.29, 1.82) is 0 Å². The Labute approximate surface area is 188 Å². The van der Waals surface area contributed by atoms with E-state index in [1.807, 2.05) is 0 Å². The number of imide groups is 1. The average Bonchev–Trinajstić information content (AvgIpc) is 2.90. The van der Waals surface area contributed by atoms with Crippen LogP contribution in [0.15, 0.2) is 48.5 Å². The highest BCUT2D eigenvalue weighted by Crippen LogP contribution is 2.33. The second-order valence-corrected chi connectivity index (χ2v) is 8.14. The first-order valence-electron chi connectivity index (χ1n) is 10.2. The lowest BCUT2D eigenvalue weighted by molar-refractivity contribution is -0.385. The maximum absolute atomic E-state index is 13.3. The third-order valence-corrected chi connectivity index (χ3v) is 5.83. The van der Waals surface area contributed by atoms with Crippen molar-refractivity contribution >= 4 is 40.8 Å². The fourth-order valence-electron chi connectivity index (χ4n) is 4.15. The van der Waals surface area contributed by atoms with Crippen LogP contribution < -0.4 is 15.5 Å². The number of rotatable bonds is 4. The molecule has 1 fully saturated rings. The number of nitro benzene ring substituents is 1. The number of carbonyl (C=O) groups is 4. The Morgan fingerprint density at radius 2 is 1.91 bits per heavy atom. The summed E-state index contributed by atoms with van der Waals surface area (Å²) in [6.45, 7) is 2.59. The average molecular weight is 451 g/mol. The number of nitrogens with zero attached hydrogens (tertiary/aromatic N) is 3. The van der Waals surface area contributed by atoms with E-state index in [4.69, 9.17) is 0 Å². The van der Waals surface area contributed by atoms with Crippen LogP contribution in [0.3, 0.4) is 0 Å². The van der Waals surface area contributed by atoms with Gasteiger partial charge < -0.3 is 15.5 Å². The molecular formula is C22H21N5O6. The highest BCUT2D eigenvalue weighted by atomic mass is 16.6. The molecule has 0 saturated carbocycles. The quantitative estimate of drug-likeness (QED) is 0.414. The molecule has 0 aliphatic carbocycles. The van der Waals surface area contributed by atoms with Crippen molar-refractivity contribution in [3.8, 4) is 0 Å². The smallest absolute Gasteiger partial charge is 0.324 e. The number of amides is 5. The largest absolute Gasteiger partial charge is 0.325 e. The monoisotopic (exact) mass is 451 g/mol. The summed E-state index contributed by atoms with van der Waals surface area (Å²) in [4.78, 5) is 64.1. The molecule has 2 heterocycles. The fourth-order valence-corrected chi connectivity index (χ4v) is 4.15. The van der Waals surface area contributed by atoms with Crippen LogP contribution in [0.4, 0.5) is 21.9 Å². The molecule has 5 amide bonds. The van der Waals surface area contributed by atoms with Crippen LogP contribution in [0.1, 0.15) is 25.8 Å². The normalized spacial score (nSPS) is 22.4. The summed E-state index contributed by atoms with van der Waals surface area (Å²) in [5.41, 5.74) is -0.637. The van der Waals surface area contributed by atoms with Crippen molar-refractivity contribution in [2.24, 2.45) is 0 Å². The Morgan fingerprint density at radius 1 is 1.18 bits per heavy atom. The molecule has 2 unspecified atom stereocenters. The minimum absolute atomic E-state index is 0.0476. The predicted octanol–water partition coefficient (Wildman–Crippen LogP) is 2.13. The van der Waals surface area contributed by atoms with Gasteiger partial charge in [-0.3, -0.25) is 29.4 Å². The third kappa shape index (κ3) is 3.77. The van der Waals surface area contributed by atoms with E-state index in [2.05, 4.69) is 10.6 Å². The van der Waals surface area contributed by atoms with Gasteiger partial charge in [-0.15, -0.1) is 0 Å². The van der Waals surface area contributed by atoms with Gasteiger partial charge in [-0.25, -0.2) is 4.79 Å². The Hall–Kier alpha value is -4.28. The van der Waals surface area contributed by atoms with Gasteiger partial charge in [0.2, 0.25) is 11.8 Å². The first-order valence-corrected chi connectivity index (χ1v) is 10.2. The highest BCUT2D eigenvalue weighted by molar-refractivity contribution is 6.12. The van der Waals surface area contributed by atoms with Crippen LogP contribution in [-0.4, -0.2) is 46.2 Å². The third-order valence-electron chi connectivity index (χ3n) is 5.83. The topological polar surface area (TPSA) is 142 Å². The van der Waals surface area contributed by atoms with Gasteiger partial charge in [0.1, 0.15) is 12.1 Å².